The number of fused-ring (bicyclic) bond motifs is 1. The van der Waals surface area contributed by atoms with Crippen LogP contribution in [0.5, 0.6) is 5.75 Å². The Morgan fingerprint density at radius 3 is 2.49 bits per heavy atom. The quantitative estimate of drug-likeness (QED) is 0.447. The summed E-state index contributed by atoms with van der Waals surface area (Å²) in [5.41, 5.74) is 1.09. The molecule has 0 aliphatic carbocycles. The van der Waals surface area contributed by atoms with E-state index in [2.05, 4.69) is 4.98 Å². The fourth-order valence-corrected chi connectivity index (χ4v) is 6.40. The molecule has 1 aliphatic rings. The fraction of sp³-hybridized carbons (Fsp3) is 0.480. The van der Waals surface area contributed by atoms with E-state index in [-0.39, 0.29) is 46.9 Å². The zero-order chi connectivity index (χ0) is 25.5. The second-order valence-corrected chi connectivity index (χ2v) is 12.2. The van der Waals surface area contributed by atoms with Crippen molar-refractivity contribution in [3.63, 3.8) is 0 Å². The lowest BCUT2D eigenvalue weighted by Gasteiger charge is -2.32. The first-order chi connectivity index (χ1) is 16.4. The molecule has 1 fully saturated rings. The van der Waals surface area contributed by atoms with E-state index in [0.29, 0.717) is 29.6 Å². The number of benzene rings is 1. The molecule has 1 aromatic carbocycles. The molecule has 4 rings (SSSR count). The van der Waals surface area contributed by atoms with Gasteiger partial charge in [0.15, 0.2) is 5.78 Å². The molecule has 188 valence electrons. The number of pyridine rings is 1. The van der Waals surface area contributed by atoms with E-state index in [9.17, 15) is 22.4 Å². The summed E-state index contributed by atoms with van der Waals surface area (Å²) in [7, 11) is -3.03. The van der Waals surface area contributed by atoms with E-state index >= 15 is 0 Å². The number of rotatable bonds is 7. The van der Waals surface area contributed by atoms with Crippen LogP contribution in [0.25, 0.3) is 16.7 Å². The summed E-state index contributed by atoms with van der Waals surface area (Å²) in [4.78, 5) is 30.9. The molecule has 0 radical (unpaired) electrons. The fourth-order valence-electron chi connectivity index (χ4n) is 4.59. The normalized spacial score (nSPS) is 18.0. The molecular weight excluding hydrogens is 473 g/mol. The van der Waals surface area contributed by atoms with Gasteiger partial charge in [-0.05, 0) is 50.3 Å². The first kappa shape index (κ1) is 25.1. The van der Waals surface area contributed by atoms with Crippen LogP contribution in [0.2, 0.25) is 0 Å². The average Bonchev–Trinajstić information content (AvgIpc) is 3.07. The smallest absolute Gasteiger partial charge is 0.334 e. The number of carbonyl (C=O) groups excluding carboxylic acids is 1. The minimum absolute atomic E-state index is 0.0863. The van der Waals surface area contributed by atoms with E-state index < -0.39 is 21.6 Å². The summed E-state index contributed by atoms with van der Waals surface area (Å²) in [6, 6.07) is 8.02. The number of imidazole rings is 1. The number of hydrogen-bond donors (Lipinski definition) is 0. The molecule has 8 nitrogen and oxygen atoms in total. The topological polar surface area (TPSA) is 100 Å². The van der Waals surface area contributed by atoms with Crippen LogP contribution >= 0.6 is 0 Å². The summed E-state index contributed by atoms with van der Waals surface area (Å²) < 4.78 is 45.2. The number of nitrogens with zero attached hydrogens (tertiary/aromatic N) is 3. The van der Waals surface area contributed by atoms with Crippen molar-refractivity contribution in [3.8, 4) is 11.4 Å². The number of halogens is 1. The maximum absolute atomic E-state index is 13.4. The van der Waals surface area contributed by atoms with Crippen molar-refractivity contribution in [1.82, 2.24) is 14.1 Å². The third-order valence-corrected chi connectivity index (χ3v) is 8.21. The van der Waals surface area contributed by atoms with Crippen LogP contribution in [0.4, 0.5) is 4.39 Å². The Labute approximate surface area is 203 Å². The minimum Gasteiger partial charge on any atom is -0.461 e. The molecule has 0 N–H and O–H groups in total. The number of ether oxygens (including phenoxy) is 1. The number of ketones is 1. The maximum atomic E-state index is 13.4. The van der Waals surface area contributed by atoms with Crippen LogP contribution in [0, 0.1) is 5.41 Å². The Hall–Kier alpha value is -3.01. The largest absolute Gasteiger partial charge is 0.461 e. The van der Waals surface area contributed by atoms with E-state index in [1.807, 2.05) is 20.8 Å². The van der Waals surface area contributed by atoms with E-state index in [0.717, 1.165) is 0 Å². The summed E-state index contributed by atoms with van der Waals surface area (Å²) in [6.45, 7) is 6.96. The molecule has 35 heavy (non-hydrogen) atoms. The standard InChI is InChI=1S/C25H30FN3O5S/c1-16(2)28-21-13-20(23(30)14-25(4)8-10-35(32,33)11-9-25)27-15-22(21)29(24(28)31)18-6-5-7-19(12-18)34-17(3)26/h5-7,12-13,15-17H,8-11,14H2,1-4H3. The van der Waals surface area contributed by atoms with Gasteiger partial charge in [0, 0.05) is 25.5 Å². The van der Waals surface area contributed by atoms with Crippen LogP contribution < -0.4 is 10.4 Å². The van der Waals surface area contributed by atoms with Crippen molar-refractivity contribution in [2.24, 2.45) is 5.41 Å². The Bertz CT molecular complexity index is 1430. The Morgan fingerprint density at radius 2 is 1.86 bits per heavy atom. The highest BCUT2D eigenvalue weighted by Gasteiger charge is 2.35. The van der Waals surface area contributed by atoms with E-state index in [1.165, 1.54) is 17.7 Å². The van der Waals surface area contributed by atoms with Crippen molar-refractivity contribution in [1.29, 1.82) is 0 Å². The number of hydrogen-bond acceptors (Lipinski definition) is 6. The second-order valence-electron chi connectivity index (χ2n) is 9.86. The third-order valence-electron chi connectivity index (χ3n) is 6.56. The van der Waals surface area contributed by atoms with Crippen LogP contribution in [-0.4, -0.2) is 46.2 Å². The average molecular weight is 504 g/mol. The van der Waals surface area contributed by atoms with E-state index in [1.54, 1.807) is 34.9 Å². The highest BCUT2D eigenvalue weighted by Crippen LogP contribution is 2.36. The number of aromatic nitrogens is 3. The van der Waals surface area contributed by atoms with Crippen LogP contribution in [-0.2, 0) is 9.84 Å². The molecule has 0 saturated carbocycles. The lowest BCUT2D eigenvalue weighted by Crippen LogP contribution is -2.33. The first-order valence-corrected chi connectivity index (χ1v) is 13.5. The van der Waals surface area contributed by atoms with Crippen molar-refractivity contribution in [2.75, 3.05) is 11.5 Å². The third kappa shape index (κ3) is 5.17. The molecule has 0 spiro atoms. The molecule has 1 unspecified atom stereocenters. The zero-order valence-corrected chi connectivity index (χ0v) is 21.1. The van der Waals surface area contributed by atoms with Crippen molar-refractivity contribution < 1.29 is 22.3 Å². The molecule has 0 amide bonds. The monoisotopic (exact) mass is 503 g/mol. The van der Waals surface area contributed by atoms with Crippen molar-refractivity contribution >= 4 is 26.7 Å². The Kier molecular flexibility index (Phi) is 6.61. The number of carbonyl (C=O) groups is 1. The molecule has 0 bridgehead atoms. The molecule has 10 heteroatoms. The van der Waals surface area contributed by atoms with Gasteiger partial charge in [0.25, 0.3) is 0 Å². The molecule has 1 saturated heterocycles. The van der Waals surface area contributed by atoms with Gasteiger partial charge < -0.3 is 4.74 Å². The Morgan fingerprint density at radius 1 is 1.17 bits per heavy atom. The predicted octanol–water partition coefficient (Wildman–Crippen LogP) is 4.25. The lowest BCUT2D eigenvalue weighted by molar-refractivity contribution is 0.0860. The molecule has 1 atom stereocenters. The second kappa shape index (κ2) is 9.22. The highest BCUT2D eigenvalue weighted by molar-refractivity contribution is 7.91. The van der Waals surface area contributed by atoms with Crippen molar-refractivity contribution in [3.05, 3.63) is 52.7 Å². The van der Waals surface area contributed by atoms with Gasteiger partial charge in [-0.25, -0.2) is 17.6 Å². The van der Waals surface area contributed by atoms with Crippen LogP contribution in [0.1, 0.15) is 63.5 Å². The lowest BCUT2D eigenvalue weighted by atomic mass is 9.79. The number of sulfone groups is 1. The molecular formula is C25H30FN3O5S. The summed E-state index contributed by atoms with van der Waals surface area (Å²) in [6.07, 6.45) is 1.06. The van der Waals surface area contributed by atoms with Gasteiger partial charge >= 0.3 is 5.69 Å². The van der Waals surface area contributed by atoms with Crippen LogP contribution in [0.15, 0.2) is 41.3 Å². The highest BCUT2D eigenvalue weighted by atomic mass is 32.2. The summed E-state index contributed by atoms with van der Waals surface area (Å²) in [5, 5.41) is 0. The van der Waals surface area contributed by atoms with Gasteiger partial charge in [0.2, 0.25) is 6.36 Å². The first-order valence-electron chi connectivity index (χ1n) is 11.7. The predicted molar refractivity (Wildman–Crippen MR) is 132 cm³/mol. The van der Waals surface area contributed by atoms with Gasteiger partial charge in [-0.3, -0.25) is 18.9 Å². The summed E-state index contributed by atoms with van der Waals surface area (Å²) >= 11 is 0. The molecule has 3 heterocycles. The van der Waals surface area contributed by atoms with Gasteiger partial charge in [-0.15, -0.1) is 0 Å². The molecule has 1 aliphatic heterocycles. The van der Waals surface area contributed by atoms with Gasteiger partial charge in [-0.2, -0.15) is 0 Å². The Balaban J connectivity index is 1.74. The maximum Gasteiger partial charge on any atom is 0.334 e. The van der Waals surface area contributed by atoms with Gasteiger partial charge in [0.05, 0.1) is 34.4 Å². The SMILES string of the molecule is CC(F)Oc1cccc(-n2c(=O)n(C(C)C)c3cc(C(=O)CC4(C)CCS(=O)(=O)CC4)ncc32)c1. The molecule has 3 aromatic rings. The zero-order valence-electron chi connectivity index (χ0n) is 20.3. The van der Waals surface area contributed by atoms with Gasteiger partial charge in [-0.1, -0.05) is 13.0 Å². The van der Waals surface area contributed by atoms with E-state index in [4.69, 9.17) is 4.74 Å². The minimum atomic E-state index is -3.03. The van der Waals surface area contributed by atoms with Crippen LogP contribution in [0.3, 0.4) is 0 Å². The number of Topliss-reactive ketones (excluding diaryl/α,β-unsaturated/α-hetero) is 1. The summed E-state index contributed by atoms with van der Waals surface area (Å²) in [5.74, 6) is 0.278. The number of alkyl halides is 1. The van der Waals surface area contributed by atoms with Gasteiger partial charge in [0.1, 0.15) is 21.3 Å². The molecule has 2 aromatic heterocycles. The van der Waals surface area contributed by atoms with Crippen molar-refractivity contribution in [2.45, 2.75) is 59.4 Å².